The van der Waals surface area contributed by atoms with E-state index in [1.807, 2.05) is 12.1 Å². The predicted octanol–water partition coefficient (Wildman–Crippen LogP) is 2.83. The summed E-state index contributed by atoms with van der Waals surface area (Å²) >= 11 is 0. The zero-order chi connectivity index (χ0) is 19.3. The third-order valence-electron chi connectivity index (χ3n) is 5.44. The van der Waals surface area contributed by atoms with Crippen molar-refractivity contribution >= 4 is 35.9 Å². The molecular weight excluding hydrogens is 345 g/mol. The van der Waals surface area contributed by atoms with Gasteiger partial charge in [0, 0.05) is 28.4 Å². The minimum absolute atomic E-state index is 0.210. The Bertz CT molecular complexity index is 1310. The Hall–Kier alpha value is -3.34. The first-order valence-corrected chi connectivity index (χ1v) is 9.53. The molecule has 0 saturated carbocycles. The van der Waals surface area contributed by atoms with Gasteiger partial charge in [0.15, 0.2) is 5.42 Å². The number of benzene rings is 1. The van der Waals surface area contributed by atoms with E-state index < -0.39 is 0 Å². The number of pyridine rings is 2. The molecule has 4 heterocycles. The molecule has 0 atom stereocenters. The van der Waals surface area contributed by atoms with Crippen LogP contribution in [0.2, 0.25) is 6.82 Å². The summed E-state index contributed by atoms with van der Waals surface area (Å²) < 4.78 is 8.19. The monoisotopic (exact) mass is 366 g/mol. The van der Waals surface area contributed by atoms with E-state index in [0.29, 0.717) is 5.71 Å². The molecule has 0 radical (unpaired) electrons. The van der Waals surface area contributed by atoms with E-state index in [1.165, 1.54) is 16.7 Å². The number of anilines is 1. The first-order valence-electron chi connectivity index (χ1n) is 9.53. The lowest BCUT2D eigenvalue weighted by atomic mass is 9.61. The number of nitrogens with zero attached hydrogens (tertiary/aromatic N) is 3. The number of aromatic nitrogens is 2. The van der Waals surface area contributed by atoms with Gasteiger partial charge in [0.05, 0.1) is 13.2 Å². The number of aryl methyl sites for hydroxylation is 2. The van der Waals surface area contributed by atoms with Gasteiger partial charge in [-0.2, -0.15) is 0 Å². The molecule has 0 amide bonds. The Labute approximate surface area is 164 Å². The molecule has 4 nitrogen and oxygen atoms in total. The summed E-state index contributed by atoms with van der Waals surface area (Å²) in [6.45, 7) is 4.58. The summed E-state index contributed by atoms with van der Waals surface area (Å²) in [5.74, 6) is 3.38. The predicted molar refractivity (Wildman–Crippen MR) is 114 cm³/mol. The molecule has 0 N–H and O–H groups in total. The molecule has 4 aromatic rings. The van der Waals surface area contributed by atoms with Gasteiger partial charge in [-0.05, 0) is 37.0 Å². The minimum atomic E-state index is 0.210. The largest absolute Gasteiger partial charge is 0.434 e. The molecule has 0 bridgehead atoms. The highest BCUT2D eigenvalue weighted by atomic mass is 16.3. The second kappa shape index (κ2) is 6.38. The average Bonchev–Trinajstić information content (AvgIpc) is 3.07. The molecule has 1 aliphatic rings. The Kier molecular flexibility index (Phi) is 3.83. The second-order valence-electron chi connectivity index (χ2n) is 7.38. The third kappa shape index (κ3) is 2.62. The summed E-state index contributed by atoms with van der Waals surface area (Å²) in [7, 11) is 2.09. The number of hydrogen-bond acceptors (Lipinski definition) is 3. The van der Waals surface area contributed by atoms with E-state index in [0.717, 1.165) is 21.8 Å². The van der Waals surface area contributed by atoms with Crippen LogP contribution in [0.15, 0.2) is 65.3 Å². The topological polar surface area (TPSA) is 33.2 Å². The normalized spacial score (nSPS) is 13.2. The van der Waals surface area contributed by atoms with Crippen molar-refractivity contribution in [3.8, 4) is 11.1 Å². The van der Waals surface area contributed by atoms with Crippen LogP contribution < -0.4 is 20.0 Å². The van der Waals surface area contributed by atoms with Crippen LogP contribution in [0.3, 0.4) is 0 Å². The van der Waals surface area contributed by atoms with Crippen LogP contribution in [0.4, 0.5) is 5.82 Å². The fourth-order valence-electron chi connectivity index (χ4n) is 3.99. The Morgan fingerprint density at radius 2 is 1.93 bits per heavy atom. The fourth-order valence-corrected chi connectivity index (χ4v) is 3.99. The van der Waals surface area contributed by atoms with Crippen molar-refractivity contribution in [2.45, 2.75) is 13.7 Å². The van der Waals surface area contributed by atoms with Crippen LogP contribution in [0.1, 0.15) is 5.56 Å². The molecule has 136 valence electrons. The van der Waals surface area contributed by atoms with Crippen molar-refractivity contribution in [1.29, 1.82) is 0 Å². The maximum absolute atomic E-state index is 6.00. The van der Waals surface area contributed by atoms with E-state index >= 15 is 0 Å². The van der Waals surface area contributed by atoms with Gasteiger partial charge < -0.3 is 4.42 Å². The fraction of sp³-hybridized carbons (Fsp3) is 0.130. The summed E-state index contributed by atoms with van der Waals surface area (Å²) in [5.41, 5.74) is 5.27. The lowest BCUT2D eigenvalue weighted by Crippen LogP contribution is -2.47. The SMILES string of the molecule is CB1C=c2c(oc3ncccc23)=CN1c1cc(C)c(-c2ccccc2)c[n+]1C. The molecule has 5 heteroatoms. The Balaban J connectivity index is 1.64. The smallest absolute Gasteiger partial charge is 0.402 e. The lowest BCUT2D eigenvalue weighted by molar-refractivity contribution is -0.657. The van der Waals surface area contributed by atoms with E-state index in [1.54, 1.807) is 6.20 Å². The van der Waals surface area contributed by atoms with Crippen molar-refractivity contribution in [3.63, 3.8) is 0 Å². The summed E-state index contributed by atoms with van der Waals surface area (Å²) in [6.07, 6.45) is 6.07. The van der Waals surface area contributed by atoms with Crippen molar-refractivity contribution in [3.05, 3.63) is 77.1 Å². The maximum atomic E-state index is 6.00. The van der Waals surface area contributed by atoms with Crippen molar-refractivity contribution in [2.75, 3.05) is 4.81 Å². The quantitative estimate of drug-likeness (QED) is 0.404. The van der Waals surface area contributed by atoms with Crippen LogP contribution in [-0.2, 0) is 7.05 Å². The maximum Gasteiger partial charge on any atom is 0.402 e. The molecule has 0 unspecified atom stereocenters. The van der Waals surface area contributed by atoms with Crippen LogP contribution in [0.5, 0.6) is 0 Å². The third-order valence-corrected chi connectivity index (χ3v) is 5.44. The number of furan rings is 1. The number of hydrogen-bond donors (Lipinski definition) is 0. The zero-order valence-corrected chi connectivity index (χ0v) is 16.3. The molecule has 0 fully saturated rings. The minimum Gasteiger partial charge on any atom is -0.434 e. The second-order valence-corrected chi connectivity index (χ2v) is 7.38. The van der Waals surface area contributed by atoms with E-state index in [2.05, 4.69) is 89.9 Å². The molecule has 28 heavy (non-hydrogen) atoms. The Morgan fingerprint density at radius 1 is 1.11 bits per heavy atom. The van der Waals surface area contributed by atoms with Gasteiger partial charge >= 0.3 is 6.85 Å². The molecular formula is C23H21BN3O+. The van der Waals surface area contributed by atoms with E-state index in [-0.39, 0.29) is 6.85 Å². The van der Waals surface area contributed by atoms with Crippen LogP contribution >= 0.6 is 0 Å². The van der Waals surface area contributed by atoms with Gasteiger partial charge in [-0.1, -0.05) is 36.3 Å². The highest BCUT2D eigenvalue weighted by Crippen LogP contribution is 2.25. The molecule has 3 aromatic heterocycles. The van der Waals surface area contributed by atoms with Gasteiger partial charge in [0.25, 0.3) is 5.82 Å². The molecule has 1 aliphatic heterocycles. The first-order chi connectivity index (χ1) is 13.6. The standard InChI is InChI=1S/C23H21BN3O/c1-16-12-22(26(3)14-20(16)17-8-5-4-6-9-17)27-15-21-19(13-24(27)2)18-10-7-11-25-23(18)28-21/h4-15H,1-3H3/q+1. The Morgan fingerprint density at radius 3 is 2.75 bits per heavy atom. The van der Waals surface area contributed by atoms with E-state index in [9.17, 15) is 0 Å². The van der Waals surface area contributed by atoms with Gasteiger partial charge in [0.2, 0.25) is 5.71 Å². The number of rotatable bonds is 2. The van der Waals surface area contributed by atoms with E-state index in [4.69, 9.17) is 4.42 Å². The summed E-state index contributed by atoms with van der Waals surface area (Å²) in [6, 6.07) is 16.8. The van der Waals surface area contributed by atoms with Gasteiger partial charge in [0.1, 0.15) is 6.20 Å². The molecule has 0 spiro atoms. The molecule has 0 saturated heterocycles. The summed E-state index contributed by atoms with van der Waals surface area (Å²) in [4.78, 5) is 6.61. The van der Waals surface area contributed by atoms with Gasteiger partial charge in [-0.15, -0.1) is 0 Å². The molecule has 1 aromatic carbocycles. The number of fused-ring (bicyclic) bond motifs is 3. The van der Waals surface area contributed by atoms with Crippen molar-refractivity contribution < 1.29 is 8.98 Å². The van der Waals surface area contributed by atoms with Crippen LogP contribution in [0.25, 0.3) is 34.4 Å². The zero-order valence-electron chi connectivity index (χ0n) is 16.3. The highest BCUT2D eigenvalue weighted by molar-refractivity contribution is 6.77. The van der Waals surface area contributed by atoms with Crippen molar-refractivity contribution in [1.82, 2.24) is 4.98 Å². The molecule has 5 rings (SSSR count). The lowest BCUT2D eigenvalue weighted by Gasteiger charge is -2.20. The van der Waals surface area contributed by atoms with Crippen LogP contribution in [0, 0.1) is 6.92 Å². The average molecular weight is 366 g/mol. The molecule has 0 aliphatic carbocycles. The summed E-state index contributed by atoms with van der Waals surface area (Å²) in [5, 5.41) is 2.20. The van der Waals surface area contributed by atoms with Gasteiger partial charge in [-0.25, -0.2) is 9.55 Å². The highest BCUT2D eigenvalue weighted by Gasteiger charge is 2.30. The van der Waals surface area contributed by atoms with Gasteiger partial charge in [-0.3, -0.25) is 4.81 Å². The van der Waals surface area contributed by atoms with Crippen LogP contribution in [-0.4, -0.2) is 11.8 Å². The van der Waals surface area contributed by atoms with Crippen molar-refractivity contribution in [2.24, 2.45) is 7.05 Å². The first kappa shape index (κ1) is 16.8.